The second-order valence-corrected chi connectivity index (χ2v) is 4.47. The molecular weight excluding hydrogens is 219 g/mol. The number of hydrogen-bond acceptors (Lipinski definition) is 2. The van der Waals surface area contributed by atoms with Crippen molar-refractivity contribution in [3.8, 4) is 0 Å². The minimum absolute atomic E-state index is 0.0837. The third-order valence-corrected chi connectivity index (χ3v) is 3.25. The lowest BCUT2D eigenvalue weighted by molar-refractivity contribution is -0.195. The first kappa shape index (κ1) is 13.8. The van der Waals surface area contributed by atoms with Crippen molar-refractivity contribution in [2.75, 3.05) is 19.7 Å². The molecular formula is C11H20F3NO. The fourth-order valence-electron chi connectivity index (χ4n) is 2.37. The van der Waals surface area contributed by atoms with E-state index in [-0.39, 0.29) is 18.9 Å². The van der Waals surface area contributed by atoms with Crippen LogP contribution in [0.5, 0.6) is 0 Å². The molecule has 1 fully saturated rings. The molecule has 0 spiro atoms. The van der Waals surface area contributed by atoms with Gasteiger partial charge in [0.1, 0.15) is 0 Å². The molecule has 0 amide bonds. The molecule has 0 aromatic rings. The van der Waals surface area contributed by atoms with E-state index in [1.807, 2.05) is 0 Å². The lowest BCUT2D eigenvalue weighted by atomic mass is 9.79. The van der Waals surface area contributed by atoms with Crippen LogP contribution < -0.4 is 5.32 Å². The topological polar surface area (TPSA) is 32.3 Å². The van der Waals surface area contributed by atoms with Crippen LogP contribution in [0.25, 0.3) is 0 Å². The molecule has 16 heavy (non-hydrogen) atoms. The van der Waals surface area contributed by atoms with Gasteiger partial charge in [-0.15, -0.1) is 0 Å². The zero-order valence-electron chi connectivity index (χ0n) is 9.39. The first-order valence-corrected chi connectivity index (χ1v) is 5.94. The van der Waals surface area contributed by atoms with Crippen LogP contribution in [-0.4, -0.2) is 31.0 Å². The highest BCUT2D eigenvalue weighted by atomic mass is 19.4. The van der Waals surface area contributed by atoms with E-state index in [2.05, 4.69) is 5.32 Å². The molecule has 2 nitrogen and oxygen atoms in total. The Kier molecular flexibility index (Phi) is 5.55. The summed E-state index contributed by atoms with van der Waals surface area (Å²) in [4.78, 5) is 0. The van der Waals surface area contributed by atoms with E-state index < -0.39 is 12.1 Å². The Morgan fingerprint density at radius 3 is 2.50 bits per heavy atom. The molecule has 1 aliphatic rings. The maximum Gasteiger partial charge on any atom is 0.392 e. The summed E-state index contributed by atoms with van der Waals surface area (Å²) in [6.45, 7) is 1.10. The highest BCUT2D eigenvalue weighted by Crippen LogP contribution is 2.41. The Hall–Kier alpha value is -0.290. The molecule has 2 atom stereocenters. The van der Waals surface area contributed by atoms with Gasteiger partial charge in [-0.25, -0.2) is 0 Å². The summed E-state index contributed by atoms with van der Waals surface area (Å²) in [7, 11) is 0. The molecule has 5 heteroatoms. The van der Waals surface area contributed by atoms with Gasteiger partial charge in [0.25, 0.3) is 0 Å². The van der Waals surface area contributed by atoms with Gasteiger partial charge in [-0.1, -0.05) is 12.8 Å². The van der Waals surface area contributed by atoms with Crippen LogP contribution in [0, 0.1) is 11.8 Å². The summed E-state index contributed by atoms with van der Waals surface area (Å²) >= 11 is 0. The molecule has 0 aromatic carbocycles. The molecule has 0 heterocycles. The maximum absolute atomic E-state index is 12.7. The standard InChI is InChI=1S/C11H20F3NO/c12-11(13,14)10-5-2-1-4-9(10)8-15-6-3-7-16/h9-10,15-16H,1-8H2. The molecule has 2 unspecified atom stereocenters. The summed E-state index contributed by atoms with van der Waals surface area (Å²) < 4.78 is 38.1. The third kappa shape index (κ3) is 4.29. The molecule has 1 aliphatic carbocycles. The quantitative estimate of drug-likeness (QED) is 0.722. The van der Waals surface area contributed by atoms with Crippen molar-refractivity contribution < 1.29 is 18.3 Å². The first-order valence-electron chi connectivity index (χ1n) is 5.94. The highest BCUT2D eigenvalue weighted by molar-refractivity contribution is 4.81. The second-order valence-electron chi connectivity index (χ2n) is 4.47. The predicted molar refractivity (Wildman–Crippen MR) is 56.1 cm³/mol. The van der Waals surface area contributed by atoms with Crippen molar-refractivity contribution in [3.63, 3.8) is 0 Å². The zero-order valence-corrected chi connectivity index (χ0v) is 9.39. The average molecular weight is 239 g/mol. The number of rotatable bonds is 5. The van der Waals surface area contributed by atoms with E-state index in [9.17, 15) is 13.2 Å². The van der Waals surface area contributed by atoms with E-state index in [0.717, 1.165) is 6.42 Å². The van der Waals surface area contributed by atoms with E-state index in [1.165, 1.54) is 0 Å². The first-order chi connectivity index (χ1) is 7.55. The van der Waals surface area contributed by atoms with Crippen LogP contribution in [-0.2, 0) is 0 Å². The van der Waals surface area contributed by atoms with Gasteiger partial charge in [-0.3, -0.25) is 0 Å². The van der Waals surface area contributed by atoms with Crippen LogP contribution in [0.15, 0.2) is 0 Å². The Balaban J connectivity index is 2.35. The minimum atomic E-state index is -4.05. The van der Waals surface area contributed by atoms with Gasteiger partial charge >= 0.3 is 6.18 Å². The summed E-state index contributed by atoms with van der Waals surface area (Å²) in [5.41, 5.74) is 0. The van der Waals surface area contributed by atoms with Crippen LogP contribution in [0.4, 0.5) is 13.2 Å². The van der Waals surface area contributed by atoms with Crippen molar-refractivity contribution >= 4 is 0 Å². The number of aliphatic hydroxyl groups excluding tert-OH is 1. The average Bonchev–Trinajstić information content (AvgIpc) is 2.24. The second kappa shape index (κ2) is 6.45. The van der Waals surface area contributed by atoms with Crippen molar-refractivity contribution in [2.24, 2.45) is 11.8 Å². The maximum atomic E-state index is 12.7. The minimum Gasteiger partial charge on any atom is -0.396 e. The Morgan fingerprint density at radius 2 is 1.88 bits per heavy atom. The van der Waals surface area contributed by atoms with Crippen LogP contribution in [0.3, 0.4) is 0 Å². The normalized spacial score (nSPS) is 27.0. The summed E-state index contributed by atoms with van der Waals surface area (Å²) in [6.07, 6.45) is -0.921. The van der Waals surface area contributed by atoms with E-state index in [1.54, 1.807) is 0 Å². The summed E-state index contributed by atoms with van der Waals surface area (Å²) in [5, 5.41) is 11.6. The smallest absolute Gasteiger partial charge is 0.392 e. The van der Waals surface area contributed by atoms with Gasteiger partial charge < -0.3 is 10.4 Å². The number of halogens is 3. The fraction of sp³-hybridized carbons (Fsp3) is 1.00. The third-order valence-electron chi connectivity index (χ3n) is 3.25. The predicted octanol–water partition coefficient (Wildman–Crippen LogP) is 2.33. The largest absolute Gasteiger partial charge is 0.396 e. The van der Waals surface area contributed by atoms with Gasteiger partial charge in [-0.05, 0) is 38.3 Å². The monoisotopic (exact) mass is 239 g/mol. The Morgan fingerprint density at radius 1 is 1.19 bits per heavy atom. The van der Waals surface area contributed by atoms with Crippen molar-refractivity contribution in [1.29, 1.82) is 0 Å². The number of aliphatic hydroxyl groups is 1. The van der Waals surface area contributed by atoms with Gasteiger partial charge in [0.15, 0.2) is 0 Å². The van der Waals surface area contributed by atoms with Gasteiger partial charge in [-0.2, -0.15) is 13.2 Å². The number of alkyl halides is 3. The van der Waals surface area contributed by atoms with Crippen molar-refractivity contribution in [3.05, 3.63) is 0 Å². The van der Waals surface area contributed by atoms with Crippen LogP contribution in [0.1, 0.15) is 32.1 Å². The zero-order chi connectivity index (χ0) is 12.0. The summed E-state index contributed by atoms with van der Waals surface area (Å²) in [5.74, 6) is -1.42. The molecule has 96 valence electrons. The lowest BCUT2D eigenvalue weighted by Gasteiger charge is -2.33. The molecule has 0 radical (unpaired) electrons. The van der Waals surface area contributed by atoms with E-state index in [4.69, 9.17) is 5.11 Å². The van der Waals surface area contributed by atoms with E-state index in [0.29, 0.717) is 32.4 Å². The number of nitrogens with one attached hydrogen (secondary N) is 1. The van der Waals surface area contributed by atoms with Crippen molar-refractivity contribution in [1.82, 2.24) is 5.32 Å². The number of hydrogen-bond donors (Lipinski definition) is 2. The van der Waals surface area contributed by atoms with Gasteiger partial charge in [0, 0.05) is 6.61 Å². The Labute approximate surface area is 94.2 Å². The fourth-order valence-corrected chi connectivity index (χ4v) is 2.37. The summed E-state index contributed by atoms with van der Waals surface area (Å²) in [6, 6.07) is 0. The van der Waals surface area contributed by atoms with Crippen molar-refractivity contribution in [2.45, 2.75) is 38.3 Å². The van der Waals surface area contributed by atoms with Gasteiger partial charge in [0.05, 0.1) is 5.92 Å². The molecule has 0 saturated heterocycles. The molecule has 0 aliphatic heterocycles. The molecule has 1 saturated carbocycles. The highest BCUT2D eigenvalue weighted by Gasteiger charge is 2.44. The molecule has 0 bridgehead atoms. The van der Waals surface area contributed by atoms with Crippen LogP contribution in [0.2, 0.25) is 0 Å². The van der Waals surface area contributed by atoms with Gasteiger partial charge in [0.2, 0.25) is 0 Å². The van der Waals surface area contributed by atoms with Crippen LogP contribution >= 0.6 is 0 Å². The lowest BCUT2D eigenvalue weighted by Crippen LogP contribution is -2.38. The SMILES string of the molecule is OCCCNCC1CCCCC1C(F)(F)F. The molecule has 0 aromatic heterocycles. The Bertz CT molecular complexity index is 196. The van der Waals surface area contributed by atoms with E-state index >= 15 is 0 Å². The molecule has 2 N–H and O–H groups in total. The molecule has 1 rings (SSSR count).